The van der Waals surface area contributed by atoms with E-state index >= 15 is 0 Å². The van der Waals surface area contributed by atoms with Gasteiger partial charge in [0.15, 0.2) is 0 Å². The molecular formula is C12H11NO4. The predicted octanol–water partition coefficient (Wildman–Crippen LogP) is 1.32. The maximum atomic E-state index is 12.0. The Balaban J connectivity index is 2.78. The van der Waals surface area contributed by atoms with E-state index in [-0.39, 0.29) is 11.0 Å². The molecule has 0 unspecified atom stereocenters. The zero-order valence-electron chi connectivity index (χ0n) is 9.44. The summed E-state index contributed by atoms with van der Waals surface area (Å²) in [4.78, 5) is 26.2. The van der Waals surface area contributed by atoms with Crippen LogP contribution < -0.4 is 10.2 Å². The molecule has 1 aromatic carbocycles. The molecule has 0 fully saturated rings. The van der Waals surface area contributed by atoms with E-state index in [2.05, 4.69) is 9.72 Å². The fourth-order valence-electron chi connectivity index (χ4n) is 1.66. The highest BCUT2D eigenvalue weighted by Gasteiger charge is 2.14. The number of aromatic amines is 1. The van der Waals surface area contributed by atoms with E-state index in [1.165, 1.54) is 20.4 Å². The van der Waals surface area contributed by atoms with Gasteiger partial charge < -0.3 is 14.5 Å². The third kappa shape index (κ3) is 1.75. The van der Waals surface area contributed by atoms with Gasteiger partial charge in [-0.1, -0.05) is 6.07 Å². The summed E-state index contributed by atoms with van der Waals surface area (Å²) in [5.41, 5.74) is 0.172. The lowest BCUT2D eigenvalue weighted by atomic mass is 10.1. The Morgan fingerprint density at radius 3 is 2.71 bits per heavy atom. The van der Waals surface area contributed by atoms with E-state index in [0.717, 1.165) is 0 Å². The summed E-state index contributed by atoms with van der Waals surface area (Å²) in [5.74, 6) is -0.105. The van der Waals surface area contributed by atoms with Crippen LogP contribution in [0, 0.1) is 0 Å². The number of esters is 1. The number of fused-ring (bicyclic) bond motifs is 1. The average Bonchev–Trinajstić information content (AvgIpc) is 2.38. The number of H-pyrrole nitrogens is 1. The summed E-state index contributed by atoms with van der Waals surface area (Å²) in [6, 6.07) is 5.05. The van der Waals surface area contributed by atoms with Crippen LogP contribution >= 0.6 is 0 Å². The lowest BCUT2D eigenvalue weighted by Gasteiger charge is -2.05. The molecule has 0 radical (unpaired) electrons. The maximum Gasteiger partial charge on any atom is 0.343 e. The highest BCUT2D eigenvalue weighted by Crippen LogP contribution is 2.20. The molecule has 5 nitrogen and oxygen atoms in total. The highest BCUT2D eigenvalue weighted by molar-refractivity contribution is 5.94. The van der Waals surface area contributed by atoms with Crippen LogP contribution in [0.4, 0.5) is 0 Å². The van der Waals surface area contributed by atoms with Crippen LogP contribution in [0.3, 0.4) is 0 Å². The minimum absolute atomic E-state index is 0.0201. The van der Waals surface area contributed by atoms with Gasteiger partial charge in [-0.25, -0.2) is 4.79 Å². The summed E-state index contributed by atoms with van der Waals surface area (Å²) < 4.78 is 9.66. The number of pyridine rings is 1. The van der Waals surface area contributed by atoms with Crippen molar-refractivity contribution in [2.75, 3.05) is 14.2 Å². The average molecular weight is 233 g/mol. The summed E-state index contributed by atoms with van der Waals surface area (Å²) in [7, 11) is 2.75. The van der Waals surface area contributed by atoms with Crippen molar-refractivity contribution in [1.82, 2.24) is 4.98 Å². The van der Waals surface area contributed by atoms with E-state index in [9.17, 15) is 9.59 Å². The van der Waals surface area contributed by atoms with Crippen LogP contribution in [0.1, 0.15) is 10.4 Å². The lowest BCUT2D eigenvalue weighted by molar-refractivity contribution is 0.0599. The number of methoxy groups -OCH3 is 2. The number of carbonyl (C=O) groups excluding carboxylic acids is 1. The van der Waals surface area contributed by atoms with E-state index < -0.39 is 5.97 Å². The number of benzene rings is 1. The van der Waals surface area contributed by atoms with Crippen LogP contribution in [0.2, 0.25) is 0 Å². The Bertz CT molecular complexity index is 630. The second-order valence-corrected chi connectivity index (χ2v) is 3.41. The zero-order valence-corrected chi connectivity index (χ0v) is 9.44. The van der Waals surface area contributed by atoms with E-state index in [0.29, 0.717) is 16.7 Å². The Kier molecular flexibility index (Phi) is 2.82. The number of rotatable bonds is 2. The molecule has 0 saturated heterocycles. The minimum atomic E-state index is -0.657. The first-order chi connectivity index (χ1) is 8.19. The third-order valence-corrected chi connectivity index (χ3v) is 2.50. The number of ether oxygens (including phenoxy) is 2. The quantitative estimate of drug-likeness (QED) is 0.794. The SMILES string of the molecule is COC(=O)c1c[nH]c2c(OC)cccc2c1=O. The van der Waals surface area contributed by atoms with Gasteiger partial charge in [-0.3, -0.25) is 4.79 Å². The molecule has 0 aliphatic carbocycles. The standard InChI is InChI=1S/C12H11NO4/c1-16-9-5-3-4-7-10(9)13-6-8(11(7)14)12(15)17-2/h3-6H,1-2H3,(H,13,14). The van der Waals surface area contributed by atoms with E-state index in [1.807, 2.05) is 0 Å². The summed E-state index contributed by atoms with van der Waals surface area (Å²) in [6.07, 6.45) is 1.33. The highest BCUT2D eigenvalue weighted by atomic mass is 16.5. The largest absolute Gasteiger partial charge is 0.495 e. The molecule has 5 heteroatoms. The molecule has 0 atom stereocenters. The lowest BCUT2D eigenvalue weighted by Crippen LogP contribution is -2.17. The van der Waals surface area contributed by atoms with Crippen LogP contribution in [0.15, 0.2) is 29.2 Å². The Morgan fingerprint density at radius 1 is 1.29 bits per heavy atom. The number of para-hydroxylation sites is 1. The Morgan fingerprint density at radius 2 is 2.06 bits per heavy atom. The van der Waals surface area contributed by atoms with E-state index in [1.54, 1.807) is 18.2 Å². The summed E-state index contributed by atoms with van der Waals surface area (Å²) >= 11 is 0. The van der Waals surface area contributed by atoms with Crippen molar-refractivity contribution in [2.45, 2.75) is 0 Å². The van der Waals surface area contributed by atoms with Crippen molar-refractivity contribution < 1.29 is 14.3 Å². The van der Waals surface area contributed by atoms with Crippen molar-refractivity contribution in [3.05, 3.63) is 40.2 Å². The molecule has 2 aromatic rings. The van der Waals surface area contributed by atoms with Gasteiger partial charge in [0.1, 0.15) is 11.3 Å². The summed E-state index contributed by atoms with van der Waals surface area (Å²) in [5, 5.41) is 0.396. The minimum Gasteiger partial charge on any atom is -0.495 e. The van der Waals surface area contributed by atoms with Gasteiger partial charge in [-0.2, -0.15) is 0 Å². The van der Waals surface area contributed by atoms with Crippen LogP contribution in [0.5, 0.6) is 5.75 Å². The summed E-state index contributed by atoms with van der Waals surface area (Å²) in [6.45, 7) is 0. The molecular weight excluding hydrogens is 222 g/mol. The molecule has 88 valence electrons. The van der Waals surface area contributed by atoms with Crippen LogP contribution in [-0.4, -0.2) is 25.2 Å². The molecule has 2 rings (SSSR count). The van der Waals surface area contributed by atoms with Gasteiger partial charge >= 0.3 is 5.97 Å². The molecule has 1 heterocycles. The topological polar surface area (TPSA) is 68.4 Å². The molecule has 0 amide bonds. The number of hydrogen-bond donors (Lipinski definition) is 1. The molecule has 0 aliphatic heterocycles. The second-order valence-electron chi connectivity index (χ2n) is 3.41. The molecule has 0 saturated carbocycles. The van der Waals surface area contributed by atoms with Gasteiger partial charge in [-0.15, -0.1) is 0 Å². The first-order valence-electron chi connectivity index (χ1n) is 4.95. The number of hydrogen-bond acceptors (Lipinski definition) is 4. The Hall–Kier alpha value is -2.30. The van der Waals surface area contributed by atoms with Gasteiger partial charge in [0.05, 0.1) is 25.1 Å². The normalized spacial score (nSPS) is 10.2. The first kappa shape index (κ1) is 11.2. The smallest absolute Gasteiger partial charge is 0.343 e. The van der Waals surface area contributed by atoms with E-state index in [4.69, 9.17) is 4.74 Å². The van der Waals surface area contributed by atoms with Gasteiger partial charge in [0.25, 0.3) is 0 Å². The fraction of sp³-hybridized carbons (Fsp3) is 0.167. The molecule has 0 bridgehead atoms. The van der Waals surface area contributed by atoms with Crippen LogP contribution in [0.25, 0.3) is 10.9 Å². The first-order valence-corrected chi connectivity index (χ1v) is 4.95. The maximum absolute atomic E-state index is 12.0. The van der Waals surface area contributed by atoms with Crippen molar-refractivity contribution in [2.24, 2.45) is 0 Å². The second kappa shape index (κ2) is 4.29. The van der Waals surface area contributed by atoms with Crippen molar-refractivity contribution in [3.63, 3.8) is 0 Å². The van der Waals surface area contributed by atoms with Crippen LogP contribution in [-0.2, 0) is 4.74 Å². The zero-order chi connectivity index (χ0) is 12.4. The Labute approximate surface area is 97.0 Å². The molecule has 1 N–H and O–H groups in total. The van der Waals surface area contributed by atoms with Gasteiger partial charge in [0.2, 0.25) is 5.43 Å². The third-order valence-electron chi connectivity index (χ3n) is 2.50. The molecule has 0 spiro atoms. The van der Waals surface area contributed by atoms with Crippen molar-refractivity contribution >= 4 is 16.9 Å². The number of aromatic nitrogens is 1. The fourth-order valence-corrected chi connectivity index (χ4v) is 1.66. The predicted molar refractivity (Wildman–Crippen MR) is 62.5 cm³/mol. The monoisotopic (exact) mass is 233 g/mol. The number of carbonyl (C=O) groups is 1. The van der Waals surface area contributed by atoms with Gasteiger partial charge in [0, 0.05) is 6.20 Å². The number of nitrogens with one attached hydrogen (secondary N) is 1. The van der Waals surface area contributed by atoms with Crippen molar-refractivity contribution in [1.29, 1.82) is 0 Å². The molecule has 17 heavy (non-hydrogen) atoms. The van der Waals surface area contributed by atoms with Crippen molar-refractivity contribution in [3.8, 4) is 5.75 Å². The molecule has 1 aromatic heterocycles. The molecule has 0 aliphatic rings. The van der Waals surface area contributed by atoms with Gasteiger partial charge in [-0.05, 0) is 12.1 Å².